The van der Waals surface area contributed by atoms with E-state index in [1.165, 1.54) is 4.57 Å². The molecule has 0 bridgehead atoms. The molecular weight excluding hydrogens is 411 g/mol. The second-order valence-electron chi connectivity index (χ2n) is 7.20. The molecule has 154 valence electrons. The van der Waals surface area contributed by atoms with E-state index in [-0.39, 0.29) is 22.2 Å². The quantitative estimate of drug-likeness (QED) is 0.391. The van der Waals surface area contributed by atoms with Crippen LogP contribution in [0.1, 0.15) is 31.9 Å². The van der Waals surface area contributed by atoms with Gasteiger partial charge in [0.2, 0.25) is 0 Å². The van der Waals surface area contributed by atoms with Crippen molar-refractivity contribution in [2.75, 3.05) is 0 Å². The number of benzene rings is 2. The second-order valence-corrected chi connectivity index (χ2v) is 7.59. The van der Waals surface area contributed by atoms with Gasteiger partial charge >= 0.3 is 6.18 Å². The zero-order valence-electron chi connectivity index (χ0n) is 16.2. The number of aromatic amines is 1. The minimum absolute atomic E-state index is 0.0538. The van der Waals surface area contributed by atoms with Crippen molar-refractivity contribution >= 4 is 34.0 Å². The summed E-state index contributed by atoms with van der Waals surface area (Å²) in [5.74, 6) is 0. The normalized spacial score (nSPS) is 13.1. The van der Waals surface area contributed by atoms with Crippen molar-refractivity contribution in [3.63, 3.8) is 0 Å². The molecule has 0 fully saturated rings. The highest BCUT2D eigenvalue weighted by molar-refractivity contribution is 7.71. The molecule has 2 heterocycles. The van der Waals surface area contributed by atoms with Gasteiger partial charge in [0.25, 0.3) is 5.56 Å². The number of halogens is 3. The molecule has 0 amide bonds. The number of rotatable bonds is 3. The number of hydrogen-bond acceptors (Lipinski definition) is 3. The largest absolute Gasteiger partial charge is 0.417 e. The summed E-state index contributed by atoms with van der Waals surface area (Å²) in [6.45, 7) is 3.71. The molecule has 0 aliphatic heterocycles. The van der Waals surface area contributed by atoms with Crippen LogP contribution in [0, 0.1) is 4.77 Å². The van der Waals surface area contributed by atoms with Crippen LogP contribution in [0.2, 0.25) is 0 Å². The highest BCUT2D eigenvalue weighted by Crippen LogP contribution is 2.36. The van der Waals surface area contributed by atoms with Crippen molar-refractivity contribution in [3.05, 3.63) is 69.2 Å². The third kappa shape index (κ3) is 3.41. The van der Waals surface area contributed by atoms with Crippen LogP contribution in [-0.2, 0) is 6.18 Å². The number of fused-ring (bicyclic) bond motifs is 2. The van der Waals surface area contributed by atoms with Crippen LogP contribution in [0.25, 0.3) is 33.1 Å². The molecule has 0 spiro atoms. The van der Waals surface area contributed by atoms with E-state index in [0.29, 0.717) is 12.0 Å². The molecule has 4 nitrogen and oxygen atoms in total. The van der Waals surface area contributed by atoms with E-state index in [1.807, 2.05) is 44.2 Å². The fraction of sp³-hybridized carbons (Fsp3) is 0.227. The summed E-state index contributed by atoms with van der Waals surface area (Å²) in [7, 11) is 0. The van der Waals surface area contributed by atoms with Crippen LogP contribution in [0.4, 0.5) is 13.2 Å². The van der Waals surface area contributed by atoms with Crippen LogP contribution in [-0.4, -0.2) is 14.5 Å². The molecule has 4 aromatic rings. The van der Waals surface area contributed by atoms with Gasteiger partial charge in [0.1, 0.15) is 5.65 Å². The van der Waals surface area contributed by atoms with E-state index in [4.69, 9.17) is 12.2 Å². The number of aromatic nitrogens is 3. The number of alkyl halides is 3. The smallest absolute Gasteiger partial charge is 0.300 e. The number of nitrogens with one attached hydrogen (secondary N) is 1. The summed E-state index contributed by atoms with van der Waals surface area (Å²) in [6, 6.07) is 13.6. The Hall–Kier alpha value is -3.00. The van der Waals surface area contributed by atoms with Crippen LogP contribution < -0.4 is 5.56 Å². The van der Waals surface area contributed by atoms with Crippen molar-refractivity contribution < 1.29 is 13.2 Å². The summed E-state index contributed by atoms with van der Waals surface area (Å²) in [4.78, 5) is 19.3. The minimum Gasteiger partial charge on any atom is -0.300 e. The molecule has 0 aliphatic rings. The van der Waals surface area contributed by atoms with E-state index in [1.54, 1.807) is 12.1 Å². The SMILES string of the molecule is CC[C@H](C)n1c(=S)[nH]c(=O)c2c(C(F)(F)F)cc(-c3ccc4ccccc4c3)nc21. The van der Waals surface area contributed by atoms with Crippen molar-refractivity contribution in [3.8, 4) is 11.3 Å². The molecule has 30 heavy (non-hydrogen) atoms. The van der Waals surface area contributed by atoms with Crippen molar-refractivity contribution in [2.45, 2.75) is 32.5 Å². The molecule has 8 heteroatoms. The van der Waals surface area contributed by atoms with Crippen LogP contribution in [0.5, 0.6) is 0 Å². The molecule has 2 aromatic heterocycles. The number of pyridine rings is 1. The maximum Gasteiger partial charge on any atom is 0.417 e. The third-order valence-electron chi connectivity index (χ3n) is 5.28. The van der Waals surface area contributed by atoms with Crippen molar-refractivity contribution in [1.82, 2.24) is 14.5 Å². The first kappa shape index (κ1) is 20.3. The summed E-state index contributed by atoms with van der Waals surface area (Å²) < 4.78 is 43.4. The fourth-order valence-electron chi connectivity index (χ4n) is 3.56. The Morgan fingerprint density at radius 1 is 1.13 bits per heavy atom. The molecule has 1 N–H and O–H groups in total. The second kappa shape index (κ2) is 7.36. The van der Waals surface area contributed by atoms with Gasteiger partial charge in [-0.3, -0.25) is 14.3 Å². The van der Waals surface area contributed by atoms with Gasteiger partial charge in [-0.15, -0.1) is 0 Å². The van der Waals surface area contributed by atoms with Gasteiger partial charge in [0.15, 0.2) is 4.77 Å². The zero-order chi connectivity index (χ0) is 21.6. The average Bonchev–Trinajstić information content (AvgIpc) is 2.71. The highest BCUT2D eigenvalue weighted by atomic mass is 32.1. The monoisotopic (exact) mass is 429 g/mol. The van der Waals surface area contributed by atoms with E-state index in [9.17, 15) is 18.0 Å². The third-order valence-corrected chi connectivity index (χ3v) is 5.58. The topological polar surface area (TPSA) is 50.7 Å². The van der Waals surface area contributed by atoms with E-state index in [2.05, 4.69) is 9.97 Å². The lowest BCUT2D eigenvalue weighted by Gasteiger charge is -2.19. The Morgan fingerprint density at radius 3 is 2.50 bits per heavy atom. The standard InChI is InChI=1S/C22H18F3N3OS/c1-3-12(2)28-19-18(20(29)27-21(28)30)16(22(23,24)25)11-17(26-19)15-9-8-13-6-4-5-7-14(13)10-15/h4-12H,3H2,1-2H3,(H,27,29,30)/t12-/m0/s1. The lowest BCUT2D eigenvalue weighted by molar-refractivity contribution is -0.136. The molecule has 0 radical (unpaired) electrons. The Kier molecular flexibility index (Phi) is 4.97. The molecule has 4 rings (SSSR count). The average molecular weight is 429 g/mol. The Labute approximate surface area is 175 Å². The molecule has 0 saturated carbocycles. The summed E-state index contributed by atoms with van der Waals surface area (Å²) in [5, 5.41) is 1.35. The summed E-state index contributed by atoms with van der Waals surface area (Å²) >= 11 is 5.26. The number of hydrogen-bond donors (Lipinski definition) is 1. The molecule has 0 saturated heterocycles. The van der Waals surface area contributed by atoms with Gasteiger partial charge < -0.3 is 0 Å². The summed E-state index contributed by atoms with van der Waals surface area (Å²) in [5.41, 5.74) is -1.31. The Morgan fingerprint density at radius 2 is 1.83 bits per heavy atom. The maximum absolute atomic E-state index is 13.9. The molecular formula is C22H18F3N3OS. The molecule has 1 atom stereocenters. The molecule has 2 aromatic carbocycles. The first-order valence-electron chi connectivity index (χ1n) is 9.46. The Bertz CT molecular complexity index is 1390. The van der Waals surface area contributed by atoms with Gasteiger partial charge in [-0.1, -0.05) is 43.3 Å². The van der Waals surface area contributed by atoms with Crippen LogP contribution in [0.15, 0.2) is 53.3 Å². The fourth-order valence-corrected chi connectivity index (χ4v) is 3.92. The highest BCUT2D eigenvalue weighted by Gasteiger charge is 2.35. The Balaban J connectivity index is 2.13. The molecule has 0 unspecified atom stereocenters. The first-order valence-corrected chi connectivity index (χ1v) is 9.87. The van der Waals surface area contributed by atoms with Gasteiger partial charge in [0.05, 0.1) is 16.6 Å². The number of nitrogens with zero attached hydrogens (tertiary/aromatic N) is 2. The van der Waals surface area contributed by atoms with Gasteiger partial charge in [-0.2, -0.15) is 13.2 Å². The predicted octanol–water partition coefficient (Wildman–Crippen LogP) is 6.26. The maximum atomic E-state index is 13.9. The zero-order valence-corrected chi connectivity index (χ0v) is 17.1. The minimum atomic E-state index is -4.73. The van der Waals surface area contributed by atoms with Crippen LogP contribution in [0.3, 0.4) is 0 Å². The first-order chi connectivity index (χ1) is 14.2. The van der Waals surface area contributed by atoms with Crippen molar-refractivity contribution in [2.24, 2.45) is 0 Å². The molecule has 0 aliphatic carbocycles. The van der Waals surface area contributed by atoms with Crippen LogP contribution >= 0.6 is 12.2 Å². The van der Waals surface area contributed by atoms with Crippen molar-refractivity contribution in [1.29, 1.82) is 0 Å². The lowest BCUT2D eigenvalue weighted by atomic mass is 10.0. The predicted molar refractivity (Wildman–Crippen MR) is 114 cm³/mol. The van der Waals surface area contributed by atoms with Gasteiger partial charge in [0, 0.05) is 11.6 Å². The summed E-state index contributed by atoms with van der Waals surface area (Å²) in [6.07, 6.45) is -4.12. The van der Waals surface area contributed by atoms with E-state index in [0.717, 1.165) is 16.8 Å². The van der Waals surface area contributed by atoms with E-state index >= 15 is 0 Å². The number of H-pyrrole nitrogens is 1. The van der Waals surface area contributed by atoms with Gasteiger partial charge in [-0.25, -0.2) is 4.98 Å². The lowest BCUT2D eigenvalue weighted by Crippen LogP contribution is -2.22. The van der Waals surface area contributed by atoms with Gasteiger partial charge in [-0.05, 0) is 48.5 Å². The van der Waals surface area contributed by atoms with E-state index < -0.39 is 22.7 Å².